The van der Waals surface area contributed by atoms with E-state index in [1.165, 1.54) is 6.07 Å². The van der Waals surface area contributed by atoms with E-state index in [0.29, 0.717) is 5.56 Å². The number of phenols is 1. The zero-order chi connectivity index (χ0) is 10.1. The molecule has 0 saturated heterocycles. The lowest BCUT2D eigenvalue weighted by Crippen LogP contribution is -2.17. The number of fused-ring (bicyclic) bond motifs is 1. The molecule has 1 aliphatic carbocycles. The summed E-state index contributed by atoms with van der Waals surface area (Å²) in [5, 5.41) is 18.4. The van der Waals surface area contributed by atoms with Crippen molar-refractivity contribution in [3.63, 3.8) is 0 Å². The van der Waals surface area contributed by atoms with Crippen LogP contribution in [0.25, 0.3) is 0 Å². The van der Waals surface area contributed by atoms with Crippen LogP contribution in [-0.4, -0.2) is 5.11 Å². The first-order chi connectivity index (χ1) is 6.72. The number of aromatic hydroxyl groups is 1. The van der Waals surface area contributed by atoms with Crippen LogP contribution in [0.3, 0.4) is 0 Å². The molecule has 1 aliphatic rings. The minimum atomic E-state index is -0.0773. The maximum Gasteiger partial charge on any atom is 0.121 e. The summed E-state index contributed by atoms with van der Waals surface area (Å²) in [6, 6.07) is 5.27. The molecule has 0 saturated carbocycles. The van der Waals surface area contributed by atoms with Gasteiger partial charge in [-0.3, -0.25) is 0 Å². The fraction of sp³-hybridized carbons (Fsp3) is 0.364. The van der Waals surface area contributed by atoms with E-state index in [-0.39, 0.29) is 11.8 Å². The van der Waals surface area contributed by atoms with Crippen LogP contribution < -0.4 is 5.73 Å². The molecule has 0 bridgehead atoms. The van der Waals surface area contributed by atoms with E-state index in [2.05, 4.69) is 0 Å². The third-order valence-corrected chi connectivity index (χ3v) is 2.70. The van der Waals surface area contributed by atoms with Crippen LogP contribution in [-0.2, 0) is 6.42 Å². The van der Waals surface area contributed by atoms with Gasteiger partial charge < -0.3 is 10.8 Å². The molecule has 1 aromatic carbocycles. The lowest BCUT2D eigenvalue weighted by Gasteiger charge is -2.23. The fourth-order valence-corrected chi connectivity index (χ4v) is 2.05. The zero-order valence-corrected chi connectivity index (χ0v) is 7.83. The highest BCUT2D eigenvalue weighted by atomic mass is 16.3. The van der Waals surface area contributed by atoms with Crippen LogP contribution in [0.5, 0.6) is 5.75 Å². The van der Waals surface area contributed by atoms with Gasteiger partial charge in [0.15, 0.2) is 0 Å². The van der Waals surface area contributed by atoms with Gasteiger partial charge in [-0.1, -0.05) is 0 Å². The van der Waals surface area contributed by atoms with Crippen molar-refractivity contribution in [1.29, 1.82) is 5.26 Å². The Bertz CT molecular complexity index is 406. The van der Waals surface area contributed by atoms with Gasteiger partial charge in [0.2, 0.25) is 0 Å². The van der Waals surface area contributed by atoms with Crippen LogP contribution >= 0.6 is 0 Å². The molecule has 0 heterocycles. The highest BCUT2D eigenvalue weighted by Crippen LogP contribution is 2.35. The molecule has 3 N–H and O–H groups in total. The van der Waals surface area contributed by atoms with Gasteiger partial charge in [-0.15, -0.1) is 0 Å². The Morgan fingerprint density at radius 1 is 1.50 bits per heavy atom. The Morgan fingerprint density at radius 2 is 2.29 bits per heavy atom. The SMILES string of the molecule is N#Cc1cc(O)c2c(c1)CCC[C@@H]2N. The van der Waals surface area contributed by atoms with Crippen molar-refractivity contribution in [2.24, 2.45) is 5.73 Å². The number of hydrogen-bond donors (Lipinski definition) is 2. The number of phenolic OH excluding ortho intramolecular Hbond substituents is 1. The molecule has 3 heteroatoms. The third-order valence-electron chi connectivity index (χ3n) is 2.70. The average molecular weight is 188 g/mol. The second kappa shape index (κ2) is 3.32. The number of aryl methyl sites for hydroxylation is 1. The maximum absolute atomic E-state index is 9.71. The predicted octanol–water partition coefficient (Wildman–Crippen LogP) is 1.60. The molecule has 0 aromatic heterocycles. The molecule has 1 aromatic rings. The molecule has 3 nitrogen and oxygen atoms in total. The van der Waals surface area contributed by atoms with Gasteiger partial charge in [-0.25, -0.2) is 0 Å². The van der Waals surface area contributed by atoms with E-state index < -0.39 is 0 Å². The molecular weight excluding hydrogens is 176 g/mol. The molecule has 0 spiro atoms. The first kappa shape index (κ1) is 9.04. The van der Waals surface area contributed by atoms with E-state index in [1.807, 2.05) is 12.1 Å². The summed E-state index contributed by atoms with van der Waals surface area (Å²) in [5.74, 6) is 0.172. The topological polar surface area (TPSA) is 70.0 Å². The lowest BCUT2D eigenvalue weighted by molar-refractivity contribution is 0.447. The summed E-state index contributed by atoms with van der Waals surface area (Å²) < 4.78 is 0. The highest BCUT2D eigenvalue weighted by molar-refractivity contribution is 5.49. The molecule has 14 heavy (non-hydrogen) atoms. The minimum Gasteiger partial charge on any atom is -0.508 e. The number of nitrogens with two attached hydrogens (primary N) is 1. The highest BCUT2D eigenvalue weighted by Gasteiger charge is 2.20. The zero-order valence-electron chi connectivity index (χ0n) is 7.83. The smallest absolute Gasteiger partial charge is 0.121 e. The summed E-state index contributed by atoms with van der Waals surface area (Å²) in [4.78, 5) is 0. The van der Waals surface area contributed by atoms with E-state index in [9.17, 15) is 5.11 Å². The van der Waals surface area contributed by atoms with Crippen molar-refractivity contribution in [1.82, 2.24) is 0 Å². The van der Waals surface area contributed by atoms with Gasteiger partial charge in [-0.05, 0) is 37.0 Å². The second-order valence-electron chi connectivity index (χ2n) is 3.68. The monoisotopic (exact) mass is 188 g/mol. The molecule has 72 valence electrons. The summed E-state index contributed by atoms with van der Waals surface area (Å²) in [5.41, 5.74) is 8.26. The van der Waals surface area contributed by atoms with Crippen molar-refractivity contribution in [2.75, 3.05) is 0 Å². The minimum absolute atomic E-state index is 0.0773. The Kier molecular flexibility index (Phi) is 2.14. The molecule has 0 fully saturated rings. The summed E-state index contributed by atoms with van der Waals surface area (Å²) in [7, 11) is 0. The Morgan fingerprint density at radius 3 is 3.00 bits per heavy atom. The number of rotatable bonds is 0. The Labute approximate surface area is 82.8 Å². The molecule has 1 atom stereocenters. The van der Waals surface area contributed by atoms with Crippen LogP contribution in [0.2, 0.25) is 0 Å². The molecule has 0 unspecified atom stereocenters. The van der Waals surface area contributed by atoms with Crippen LogP contribution in [0.15, 0.2) is 12.1 Å². The van der Waals surface area contributed by atoms with Gasteiger partial charge in [0.1, 0.15) is 5.75 Å². The average Bonchev–Trinajstić information content (AvgIpc) is 2.17. The number of nitriles is 1. The van der Waals surface area contributed by atoms with Crippen molar-refractivity contribution < 1.29 is 5.11 Å². The standard InChI is InChI=1S/C11H12N2O/c12-6-7-4-8-2-1-3-9(13)11(8)10(14)5-7/h4-5,9,14H,1-3,13H2/t9-/m0/s1. The van der Waals surface area contributed by atoms with Crippen molar-refractivity contribution in [3.8, 4) is 11.8 Å². The number of benzene rings is 1. The van der Waals surface area contributed by atoms with Gasteiger partial charge in [0.25, 0.3) is 0 Å². The number of hydrogen-bond acceptors (Lipinski definition) is 3. The van der Waals surface area contributed by atoms with Crippen molar-refractivity contribution in [3.05, 3.63) is 28.8 Å². The quantitative estimate of drug-likeness (QED) is 0.649. The van der Waals surface area contributed by atoms with Crippen molar-refractivity contribution >= 4 is 0 Å². The van der Waals surface area contributed by atoms with E-state index in [0.717, 1.165) is 30.4 Å². The van der Waals surface area contributed by atoms with Gasteiger partial charge in [0.05, 0.1) is 11.6 Å². The largest absolute Gasteiger partial charge is 0.508 e. The van der Waals surface area contributed by atoms with Gasteiger partial charge in [-0.2, -0.15) is 5.26 Å². The van der Waals surface area contributed by atoms with E-state index in [1.54, 1.807) is 0 Å². The molecule has 0 amide bonds. The number of nitrogens with zero attached hydrogens (tertiary/aromatic N) is 1. The van der Waals surface area contributed by atoms with Gasteiger partial charge >= 0.3 is 0 Å². The van der Waals surface area contributed by atoms with Gasteiger partial charge in [0, 0.05) is 11.6 Å². The second-order valence-corrected chi connectivity index (χ2v) is 3.68. The lowest BCUT2D eigenvalue weighted by atomic mass is 9.86. The summed E-state index contributed by atoms with van der Waals surface area (Å²) in [6.45, 7) is 0. The molecule has 2 rings (SSSR count). The van der Waals surface area contributed by atoms with E-state index in [4.69, 9.17) is 11.0 Å². The predicted molar refractivity (Wildman–Crippen MR) is 52.7 cm³/mol. The first-order valence-electron chi connectivity index (χ1n) is 4.74. The Balaban J connectivity index is 2.58. The molecule has 0 aliphatic heterocycles. The molecular formula is C11H12N2O. The van der Waals surface area contributed by atoms with Crippen LogP contribution in [0.4, 0.5) is 0 Å². The van der Waals surface area contributed by atoms with Crippen LogP contribution in [0, 0.1) is 11.3 Å². The Hall–Kier alpha value is -1.53. The van der Waals surface area contributed by atoms with Crippen LogP contribution in [0.1, 0.15) is 35.6 Å². The first-order valence-corrected chi connectivity index (χ1v) is 4.74. The summed E-state index contributed by atoms with van der Waals surface area (Å²) >= 11 is 0. The normalized spacial score (nSPS) is 19.9. The summed E-state index contributed by atoms with van der Waals surface area (Å²) in [6.07, 6.45) is 2.85. The fourth-order valence-electron chi connectivity index (χ4n) is 2.05. The molecule has 0 radical (unpaired) electrons. The van der Waals surface area contributed by atoms with E-state index >= 15 is 0 Å². The van der Waals surface area contributed by atoms with Crippen molar-refractivity contribution in [2.45, 2.75) is 25.3 Å². The maximum atomic E-state index is 9.71. The third kappa shape index (κ3) is 1.34.